The highest BCUT2D eigenvalue weighted by atomic mass is 16.6. The van der Waals surface area contributed by atoms with Crippen LogP contribution in [0.15, 0.2) is 66.7 Å². The van der Waals surface area contributed by atoms with Gasteiger partial charge < -0.3 is 29.3 Å². The zero-order chi connectivity index (χ0) is 33.0. The van der Waals surface area contributed by atoms with Crippen LogP contribution in [0.25, 0.3) is 10.8 Å². The minimum atomic E-state index is -0.416. The number of anilines is 1. The Labute approximate surface area is 280 Å². The number of nitriles is 1. The van der Waals surface area contributed by atoms with Crippen molar-refractivity contribution in [3.8, 4) is 17.8 Å². The number of carbonyl (C=O) groups excluding carboxylic acids is 1. The number of aromatic hydroxyl groups is 1. The standard InChI is InChI=1S/C37H41N7O4/c1-41-17-7-13-30(41)25-47-36-39-32-23-42(20-28-12-5-10-27-11-6-14-33(45)34(27)28)22-31(32)35(40-36)43-18-19-44(29(21-43)15-16-38)37(46)48-24-26-8-3-2-4-9-26/h2-6,8-12,14,29-30,45H,7,13,15,17-25H2,1H3/t29-,30-/m0/s1. The Morgan fingerprint density at radius 3 is 2.62 bits per heavy atom. The summed E-state index contributed by atoms with van der Waals surface area (Å²) >= 11 is 0. The number of ether oxygens (including phenoxy) is 2. The third-order valence-corrected chi connectivity index (χ3v) is 9.79. The van der Waals surface area contributed by atoms with Gasteiger partial charge in [-0.15, -0.1) is 0 Å². The van der Waals surface area contributed by atoms with Crippen LogP contribution in [-0.2, 0) is 31.0 Å². The molecule has 3 aliphatic heterocycles. The molecule has 48 heavy (non-hydrogen) atoms. The van der Waals surface area contributed by atoms with Gasteiger partial charge in [-0.05, 0) is 49.0 Å². The number of aromatic nitrogens is 2. The van der Waals surface area contributed by atoms with Crippen molar-refractivity contribution >= 4 is 22.7 Å². The maximum Gasteiger partial charge on any atom is 0.410 e. The molecule has 248 valence electrons. The molecule has 2 saturated heterocycles. The number of nitrogens with zero attached hydrogens (tertiary/aromatic N) is 7. The second-order valence-corrected chi connectivity index (χ2v) is 13.0. The topological polar surface area (TPSA) is 118 Å². The van der Waals surface area contributed by atoms with Gasteiger partial charge in [-0.1, -0.05) is 60.7 Å². The van der Waals surface area contributed by atoms with E-state index in [0.29, 0.717) is 57.9 Å². The molecule has 0 radical (unpaired) electrons. The third kappa shape index (κ3) is 6.72. The smallest absolute Gasteiger partial charge is 0.410 e. The SMILES string of the molecule is CN1CCC[C@H]1COc1nc2c(c(N3CCN(C(=O)OCc4ccccc4)[C@@H](CC#N)C3)n1)CN(Cc1cccc3cccc(O)c13)C2. The summed E-state index contributed by atoms with van der Waals surface area (Å²) in [4.78, 5) is 31.6. The van der Waals surface area contributed by atoms with Gasteiger partial charge in [-0.2, -0.15) is 15.2 Å². The average molecular weight is 648 g/mol. The molecule has 1 aromatic heterocycles. The Kier molecular flexibility index (Phi) is 9.27. The minimum absolute atomic E-state index is 0.179. The van der Waals surface area contributed by atoms with E-state index in [0.717, 1.165) is 58.4 Å². The molecule has 0 bridgehead atoms. The molecule has 0 unspecified atom stereocenters. The van der Waals surface area contributed by atoms with Gasteiger partial charge in [0.1, 0.15) is 24.8 Å². The number of piperazine rings is 1. The third-order valence-electron chi connectivity index (χ3n) is 9.79. The van der Waals surface area contributed by atoms with Gasteiger partial charge in [-0.3, -0.25) is 4.90 Å². The lowest BCUT2D eigenvalue weighted by atomic mass is 10.0. The fraction of sp³-hybridized carbons (Fsp3) is 0.405. The first kappa shape index (κ1) is 31.7. The monoisotopic (exact) mass is 647 g/mol. The van der Waals surface area contributed by atoms with Crippen LogP contribution >= 0.6 is 0 Å². The molecular weight excluding hydrogens is 606 g/mol. The zero-order valence-electron chi connectivity index (χ0n) is 27.3. The van der Waals surface area contributed by atoms with E-state index in [4.69, 9.17) is 19.4 Å². The molecule has 4 heterocycles. The molecule has 0 aliphatic carbocycles. The molecule has 1 N–H and O–H groups in total. The summed E-state index contributed by atoms with van der Waals surface area (Å²) in [5, 5.41) is 22.3. The molecule has 0 saturated carbocycles. The fourth-order valence-corrected chi connectivity index (χ4v) is 7.22. The summed E-state index contributed by atoms with van der Waals surface area (Å²) in [7, 11) is 2.12. The Bertz CT molecular complexity index is 1810. The summed E-state index contributed by atoms with van der Waals surface area (Å²) < 4.78 is 11.9. The second-order valence-electron chi connectivity index (χ2n) is 13.0. The number of hydrogen-bond acceptors (Lipinski definition) is 10. The van der Waals surface area contributed by atoms with E-state index in [2.05, 4.69) is 33.9 Å². The molecule has 4 aromatic rings. The van der Waals surface area contributed by atoms with Crippen LogP contribution in [0.1, 0.15) is 41.6 Å². The number of rotatable bonds is 9. The van der Waals surface area contributed by atoms with Crippen molar-refractivity contribution in [3.63, 3.8) is 0 Å². The molecule has 1 amide bonds. The predicted molar refractivity (Wildman–Crippen MR) is 181 cm³/mol. The quantitative estimate of drug-likeness (QED) is 0.264. The molecular formula is C37H41N7O4. The van der Waals surface area contributed by atoms with E-state index in [-0.39, 0.29) is 24.8 Å². The van der Waals surface area contributed by atoms with E-state index in [1.54, 1.807) is 11.0 Å². The number of phenolic OH excluding ortho intramolecular Hbond substituents is 1. The Morgan fingerprint density at radius 2 is 1.83 bits per heavy atom. The lowest BCUT2D eigenvalue weighted by Gasteiger charge is -2.41. The summed E-state index contributed by atoms with van der Waals surface area (Å²) in [5.41, 5.74) is 3.91. The van der Waals surface area contributed by atoms with Crippen molar-refractivity contribution in [3.05, 3.63) is 89.1 Å². The van der Waals surface area contributed by atoms with Gasteiger partial charge in [0, 0.05) is 56.3 Å². The highest BCUT2D eigenvalue weighted by Gasteiger charge is 2.36. The molecule has 2 fully saturated rings. The molecule has 2 atom stereocenters. The van der Waals surface area contributed by atoms with Crippen LogP contribution in [0.5, 0.6) is 11.8 Å². The number of carbonyl (C=O) groups is 1. The fourth-order valence-electron chi connectivity index (χ4n) is 7.22. The Balaban J connectivity index is 1.13. The largest absolute Gasteiger partial charge is 0.507 e. The van der Waals surface area contributed by atoms with Crippen molar-refractivity contribution in [2.45, 2.75) is 57.6 Å². The molecule has 11 heteroatoms. The number of phenols is 1. The maximum atomic E-state index is 13.2. The van der Waals surface area contributed by atoms with Crippen LogP contribution in [0.2, 0.25) is 0 Å². The summed E-state index contributed by atoms with van der Waals surface area (Å²) in [6.45, 7) is 5.01. The predicted octanol–water partition coefficient (Wildman–Crippen LogP) is 5.07. The molecule has 0 spiro atoms. The lowest BCUT2D eigenvalue weighted by molar-refractivity contribution is 0.0767. The van der Waals surface area contributed by atoms with Gasteiger partial charge in [0.05, 0.1) is 24.2 Å². The van der Waals surface area contributed by atoms with Crippen molar-refractivity contribution < 1.29 is 19.4 Å². The number of hydrogen-bond donors (Lipinski definition) is 1. The van der Waals surface area contributed by atoms with Crippen LogP contribution < -0.4 is 9.64 Å². The van der Waals surface area contributed by atoms with Crippen LogP contribution in [0.3, 0.4) is 0 Å². The highest BCUT2D eigenvalue weighted by molar-refractivity contribution is 5.91. The first-order valence-corrected chi connectivity index (χ1v) is 16.7. The Hall–Kier alpha value is -4.92. The van der Waals surface area contributed by atoms with Gasteiger partial charge in [0.25, 0.3) is 0 Å². The number of fused-ring (bicyclic) bond motifs is 2. The van der Waals surface area contributed by atoms with Crippen LogP contribution in [0.4, 0.5) is 10.6 Å². The minimum Gasteiger partial charge on any atom is -0.507 e. The van der Waals surface area contributed by atoms with Crippen LogP contribution in [-0.4, -0.2) is 87.8 Å². The second kappa shape index (κ2) is 14.1. The number of likely N-dealkylation sites (N-methyl/N-ethyl adjacent to an activating group) is 1. The number of benzene rings is 3. The maximum absolute atomic E-state index is 13.2. The van der Waals surface area contributed by atoms with Crippen LogP contribution in [0, 0.1) is 11.3 Å². The van der Waals surface area contributed by atoms with E-state index >= 15 is 0 Å². The van der Waals surface area contributed by atoms with Crippen molar-refractivity contribution in [2.75, 3.05) is 44.7 Å². The van der Waals surface area contributed by atoms with Gasteiger partial charge in [0.2, 0.25) is 0 Å². The summed E-state index contributed by atoms with van der Waals surface area (Å²) in [6.07, 6.45) is 2.00. The van der Waals surface area contributed by atoms with Crippen molar-refractivity contribution in [1.82, 2.24) is 24.7 Å². The normalized spacial score (nSPS) is 19.8. The van der Waals surface area contributed by atoms with Crippen molar-refractivity contribution in [1.29, 1.82) is 5.26 Å². The van der Waals surface area contributed by atoms with E-state index in [1.807, 2.05) is 54.6 Å². The lowest BCUT2D eigenvalue weighted by Crippen LogP contribution is -2.55. The first-order chi connectivity index (χ1) is 23.5. The summed E-state index contributed by atoms with van der Waals surface area (Å²) in [6, 6.07) is 23.9. The molecule has 3 aliphatic rings. The zero-order valence-corrected chi connectivity index (χ0v) is 27.3. The van der Waals surface area contributed by atoms with Gasteiger partial charge in [0.15, 0.2) is 0 Å². The molecule has 11 nitrogen and oxygen atoms in total. The van der Waals surface area contributed by atoms with Crippen molar-refractivity contribution in [2.24, 2.45) is 0 Å². The molecule has 7 rings (SSSR count). The first-order valence-electron chi connectivity index (χ1n) is 16.7. The van der Waals surface area contributed by atoms with E-state index in [9.17, 15) is 15.2 Å². The number of amides is 1. The number of likely N-dealkylation sites (tertiary alicyclic amines) is 1. The summed E-state index contributed by atoms with van der Waals surface area (Å²) in [5.74, 6) is 1.06. The molecule has 3 aromatic carbocycles. The Morgan fingerprint density at radius 1 is 1.00 bits per heavy atom. The van der Waals surface area contributed by atoms with E-state index < -0.39 is 6.09 Å². The van der Waals surface area contributed by atoms with Gasteiger partial charge >= 0.3 is 12.1 Å². The highest BCUT2D eigenvalue weighted by Crippen LogP contribution is 2.35. The average Bonchev–Trinajstić information content (AvgIpc) is 3.71. The van der Waals surface area contributed by atoms with E-state index in [1.165, 1.54) is 0 Å². The van der Waals surface area contributed by atoms with Gasteiger partial charge in [-0.25, -0.2) is 4.79 Å².